The van der Waals surface area contributed by atoms with Gasteiger partial charge in [0.15, 0.2) is 22.5 Å². The summed E-state index contributed by atoms with van der Waals surface area (Å²) in [5.41, 5.74) is 1.03. The van der Waals surface area contributed by atoms with Crippen molar-refractivity contribution in [2.24, 2.45) is 0 Å². The van der Waals surface area contributed by atoms with Gasteiger partial charge in [0, 0.05) is 18.9 Å². The minimum atomic E-state index is 0.350. The number of halogens is 1. The van der Waals surface area contributed by atoms with Gasteiger partial charge in [0.05, 0.1) is 14.2 Å². The third-order valence-electron chi connectivity index (χ3n) is 2.56. The number of nitrogens with zero attached hydrogens (tertiary/aromatic N) is 2. The van der Waals surface area contributed by atoms with E-state index in [1.165, 1.54) is 0 Å². The van der Waals surface area contributed by atoms with Crippen LogP contribution in [0.2, 0.25) is 5.15 Å². The predicted molar refractivity (Wildman–Crippen MR) is 73.9 cm³/mol. The maximum atomic E-state index is 5.92. The van der Waals surface area contributed by atoms with E-state index in [2.05, 4.69) is 15.3 Å². The lowest BCUT2D eigenvalue weighted by Crippen LogP contribution is -2.03. The Labute approximate surface area is 116 Å². The Hall–Kier alpha value is -2.01. The van der Waals surface area contributed by atoms with Crippen LogP contribution in [0.25, 0.3) is 0 Å². The lowest BCUT2D eigenvalue weighted by atomic mass is 10.2. The van der Waals surface area contributed by atoms with Crippen molar-refractivity contribution in [2.75, 3.05) is 19.5 Å². The smallest absolute Gasteiger partial charge is 0.171 e. The molecule has 1 aromatic carbocycles. The first kappa shape index (κ1) is 13.4. The molecule has 0 atom stereocenters. The van der Waals surface area contributed by atoms with Gasteiger partial charge in [-0.3, -0.25) is 0 Å². The molecule has 0 fully saturated rings. The van der Waals surface area contributed by atoms with Gasteiger partial charge in [-0.25, -0.2) is 9.97 Å². The van der Waals surface area contributed by atoms with E-state index in [0.717, 1.165) is 5.56 Å². The number of rotatable bonds is 5. The van der Waals surface area contributed by atoms with Crippen molar-refractivity contribution < 1.29 is 9.47 Å². The quantitative estimate of drug-likeness (QED) is 0.912. The third-order valence-corrected chi connectivity index (χ3v) is 2.84. The SMILES string of the molecule is COc1ccc(CNc2nccnc2Cl)cc1OC. The third kappa shape index (κ3) is 3.26. The highest BCUT2D eigenvalue weighted by atomic mass is 35.5. The molecule has 1 N–H and O–H groups in total. The number of nitrogens with one attached hydrogen (secondary N) is 1. The Morgan fingerprint density at radius 1 is 1.11 bits per heavy atom. The first-order valence-corrected chi connectivity index (χ1v) is 6.03. The van der Waals surface area contributed by atoms with E-state index < -0.39 is 0 Å². The van der Waals surface area contributed by atoms with Crippen LogP contribution < -0.4 is 14.8 Å². The average molecular weight is 280 g/mol. The summed E-state index contributed by atoms with van der Waals surface area (Å²) in [7, 11) is 3.21. The monoisotopic (exact) mass is 279 g/mol. The molecule has 2 aromatic rings. The molecule has 0 spiro atoms. The molecule has 5 nitrogen and oxygen atoms in total. The van der Waals surface area contributed by atoms with Crippen LogP contribution in [-0.4, -0.2) is 24.2 Å². The minimum absolute atomic E-state index is 0.350. The molecule has 0 aliphatic rings. The lowest BCUT2D eigenvalue weighted by molar-refractivity contribution is 0.354. The largest absolute Gasteiger partial charge is 0.493 e. The molecule has 0 aliphatic heterocycles. The maximum absolute atomic E-state index is 5.92. The molecule has 6 heteroatoms. The van der Waals surface area contributed by atoms with Gasteiger partial charge in [0.1, 0.15) is 0 Å². The van der Waals surface area contributed by atoms with Crippen molar-refractivity contribution in [3.8, 4) is 11.5 Å². The molecule has 0 aliphatic carbocycles. The van der Waals surface area contributed by atoms with Gasteiger partial charge in [-0.1, -0.05) is 17.7 Å². The summed E-state index contributed by atoms with van der Waals surface area (Å²) < 4.78 is 10.4. The number of ether oxygens (including phenoxy) is 2. The molecule has 0 radical (unpaired) electrons. The van der Waals surface area contributed by atoms with Gasteiger partial charge in [-0.05, 0) is 17.7 Å². The molecule has 2 rings (SSSR count). The van der Waals surface area contributed by atoms with Gasteiger partial charge in [-0.15, -0.1) is 0 Å². The van der Waals surface area contributed by atoms with Crippen LogP contribution in [0.4, 0.5) is 5.82 Å². The van der Waals surface area contributed by atoms with E-state index in [4.69, 9.17) is 21.1 Å². The molecule has 0 saturated carbocycles. The van der Waals surface area contributed by atoms with Crippen LogP contribution >= 0.6 is 11.6 Å². The van der Waals surface area contributed by atoms with Crippen LogP contribution in [0.5, 0.6) is 11.5 Å². The highest BCUT2D eigenvalue weighted by molar-refractivity contribution is 6.31. The second-order valence-corrected chi connectivity index (χ2v) is 4.10. The van der Waals surface area contributed by atoms with E-state index in [1.807, 2.05) is 18.2 Å². The highest BCUT2D eigenvalue weighted by Crippen LogP contribution is 2.28. The number of anilines is 1. The molecule has 19 heavy (non-hydrogen) atoms. The first-order valence-electron chi connectivity index (χ1n) is 5.66. The highest BCUT2D eigenvalue weighted by Gasteiger charge is 2.06. The molecule has 1 aromatic heterocycles. The van der Waals surface area contributed by atoms with Crippen LogP contribution in [0.3, 0.4) is 0 Å². The van der Waals surface area contributed by atoms with E-state index in [9.17, 15) is 0 Å². The number of hydrogen-bond acceptors (Lipinski definition) is 5. The average Bonchev–Trinajstić information content (AvgIpc) is 2.46. The Kier molecular flexibility index (Phi) is 4.41. The van der Waals surface area contributed by atoms with Crippen molar-refractivity contribution in [3.63, 3.8) is 0 Å². The second kappa shape index (κ2) is 6.24. The summed E-state index contributed by atoms with van der Waals surface area (Å²) in [6, 6.07) is 5.70. The van der Waals surface area contributed by atoms with Crippen molar-refractivity contribution in [1.29, 1.82) is 0 Å². The van der Waals surface area contributed by atoms with E-state index in [1.54, 1.807) is 26.6 Å². The standard InChI is InChI=1S/C13H14ClN3O2/c1-18-10-4-3-9(7-11(10)19-2)8-17-13-12(14)15-5-6-16-13/h3-7H,8H2,1-2H3,(H,16,17). The topological polar surface area (TPSA) is 56.3 Å². The maximum Gasteiger partial charge on any atom is 0.171 e. The van der Waals surface area contributed by atoms with Crippen LogP contribution in [-0.2, 0) is 6.54 Å². The number of methoxy groups -OCH3 is 2. The zero-order valence-corrected chi connectivity index (χ0v) is 11.4. The molecule has 0 unspecified atom stereocenters. The molecule has 0 bridgehead atoms. The molecule has 0 amide bonds. The van der Waals surface area contributed by atoms with Gasteiger partial charge in [0.25, 0.3) is 0 Å². The van der Waals surface area contributed by atoms with E-state index >= 15 is 0 Å². The summed E-state index contributed by atoms with van der Waals surface area (Å²) in [6.45, 7) is 0.568. The molecule has 100 valence electrons. The summed E-state index contributed by atoms with van der Waals surface area (Å²) in [5.74, 6) is 1.94. The van der Waals surface area contributed by atoms with Crippen molar-refractivity contribution >= 4 is 17.4 Å². The Morgan fingerprint density at radius 2 is 1.84 bits per heavy atom. The summed E-state index contributed by atoms with van der Waals surface area (Å²) in [6.07, 6.45) is 3.13. The number of aromatic nitrogens is 2. The lowest BCUT2D eigenvalue weighted by Gasteiger charge is -2.10. The van der Waals surface area contributed by atoms with Crippen LogP contribution in [0.15, 0.2) is 30.6 Å². The summed E-state index contributed by atoms with van der Waals surface area (Å²) in [5, 5.41) is 3.47. The van der Waals surface area contributed by atoms with Crippen molar-refractivity contribution in [2.45, 2.75) is 6.54 Å². The van der Waals surface area contributed by atoms with Gasteiger partial charge >= 0.3 is 0 Å². The van der Waals surface area contributed by atoms with E-state index in [0.29, 0.717) is 29.0 Å². The van der Waals surface area contributed by atoms with Crippen molar-refractivity contribution in [1.82, 2.24) is 9.97 Å². The molecule has 1 heterocycles. The van der Waals surface area contributed by atoms with Gasteiger partial charge < -0.3 is 14.8 Å². The minimum Gasteiger partial charge on any atom is -0.493 e. The fourth-order valence-corrected chi connectivity index (χ4v) is 1.79. The zero-order chi connectivity index (χ0) is 13.7. The molecule has 0 saturated heterocycles. The van der Waals surface area contributed by atoms with Crippen LogP contribution in [0.1, 0.15) is 5.56 Å². The van der Waals surface area contributed by atoms with Crippen molar-refractivity contribution in [3.05, 3.63) is 41.3 Å². The molecular formula is C13H14ClN3O2. The fraction of sp³-hybridized carbons (Fsp3) is 0.231. The summed E-state index contributed by atoms with van der Waals surface area (Å²) in [4.78, 5) is 8.06. The zero-order valence-electron chi connectivity index (χ0n) is 10.7. The number of hydrogen-bond donors (Lipinski definition) is 1. The second-order valence-electron chi connectivity index (χ2n) is 3.74. The Balaban J connectivity index is 2.10. The number of benzene rings is 1. The Bertz CT molecular complexity index is 563. The normalized spacial score (nSPS) is 10.1. The fourth-order valence-electron chi connectivity index (χ4n) is 1.62. The molecular weight excluding hydrogens is 266 g/mol. The predicted octanol–water partition coefficient (Wildman–Crippen LogP) is 2.76. The van der Waals surface area contributed by atoms with E-state index in [-0.39, 0.29) is 0 Å². The summed E-state index contributed by atoms with van der Waals surface area (Å²) >= 11 is 5.92. The first-order chi connectivity index (χ1) is 9.24. The van der Waals surface area contributed by atoms with Gasteiger partial charge in [0.2, 0.25) is 0 Å². The Morgan fingerprint density at radius 3 is 2.53 bits per heavy atom. The van der Waals surface area contributed by atoms with Gasteiger partial charge in [-0.2, -0.15) is 0 Å². The van der Waals surface area contributed by atoms with Crippen LogP contribution in [0, 0.1) is 0 Å².